The second-order valence-corrected chi connectivity index (χ2v) is 6.13. The molecule has 0 aliphatic carbocycles. The molecule has 2 aromatic rings. The molecule has 2 aromatic carbocycles. The minimum atomic E-state index is -0.752. The van der Waals surface area contributed by atoms with Crippen molar-refractivity contribution >= 4 is 11.9 Å². The molecule has 0 fully saturated rings. The third kappa shape index (κ3) is 5.09. The van der Waals surface area contributed by atoms with Crippen LogP contribution in [-0.4, -0.2) is 31.6 Å². The predicted molar refractivity (Wildman–Crippen MR) is 101 cm³/mol. The summed E-state index contributed by atoms with van der Waals surface area (Å²) >= 11 is 0. The molecular formula is C21H25NO4. The van der Waals surface area contributed by atoms with Gasteiger partial charge in [-0.2, -0.15) is 0 Å². The van der Waals surface area contributed by atoms with E-state index in [1.165, 1.54) is 0 Å². The number of benzene rings is 2. The van der Waals surface area contributed by atoms with E-state index in [2.05, 4.69) is 5.32 Å². The molecule has 0 bridgehead atoms. The van der Waals surface area contributed by atoms with Crippen molar-refractivity contribution in [2.24, 2.45) is 0 Å². The van der Waals surface area contributed by atoms with Crippen molar-refractivity contribution in [3.8, 4) is 5.75 Å². The molecule has 0 spiro atoms. The Morgan fingerprint density at radius 2 is 1.73 bits per heavy atom. The van der Waals surface area contributed by atoms with Crippen molar-refractivity contribution < 1.29 is 19.1 Å². The van der Waals surface area contributed by atoms with Gasteiger partial charge in [0.15, 0.2) is 0 Å². The maximum Gasteiger partial charge on any atom is 0.328 e. The summed E-state index contributed by atoms with van der Waals surface area (Å²) in [4.78, 5) is 24.9. The maximum absolute atomic E-state index is 12.6. The second kappa shape index (κ2) is 9.04. The highest BCUT2D eigenvalue weighted by atomic mass is 16.5. The molecule has 5 nitrogen and oxygen atoms in total. The Bertz CT molecular complexity index is 768. The lowest BCUT2D eigenvalue weighted by atomic mass is 10.0. The summed E-state index contributed by atoms with van der Waals surface area (Å²) in [7, 11) is 1.60. The SMILES string of the molecule is CCOC(=O)[C@H](Cc1ccc(OC)cc1)NC(=O)c1ccc(C)c(C)c1. The van der Waals surface area contributed by atoms with Crippen LogP contribution in [0.15, 0.2) is 42.5 Å². The van der Waals surface area contributed by atoms with E-state index >= 15 is 0 Å². The van der Waals surface area contributed by atoms with E-state index < -0.39 is 12.0 Å². The van der Waals surface area contributed by atoms with Crippen molar-refractivity contribution in [1.82, 2.24) is 5.32 Å². The summed E-state index contributed by atoms with van der Waals surface area (Å²) < 4.78 is 10.3. The number of esters is 1. The van der Waals surface area contributed by atoms with Gasteiger partial charge in [0.1, 0.15) is 11.8 Å². The molecule has 1 N–H and O–H groups in total. The molecule has 1 amide bonds. The van der Waals surface area contributed by atoms with Crippen LogP contribution in [0.3, 0.4) is 0 Å². The van der Waals surface area contributed by atoms with Crippen molar-refractivity contribution in [3.05, 3.63) is 64.7 Å². The summed E-state index contributed by atoms with van der Waals surface area (Å²) in [6.07, 6.45) is 0.347. The topological polar surface area (TPSA) is 64.6 Å². The van der Waals surface area contributed by atoms with Crippen LogP contribution in [0.5, 0.6) is 5.75 Å². The fourth-order valence-electron chi connectivity index (χ4n) is 2.56. The lowest BCUT2D eigenvalue weighted by molar-refractivity contribution is -0.145. The smallest absolute Gasteiger partial charge is 0.328 e. The van der Waals surface area contributed by atoms with Gasteiger partial charge in [0.25, 0.3) is 5.91 Å². The van der Waals surface area contributed by atoms with E-state index in [4.69, 9.17) is 9.47 Å². The zero-order valence-corrected chi connectivity index (χ0v) is 15.7. The number of carbonyl (C=O) groups is 2. The Balaban J connectivity index is 2.16. The average molecular weight is 355 g/mol. The molecule has 0 aliphatic rings. The highest BCUT2D eigenvalue weighted by molar-refractivity contribution is 5.97. The molecule has 26 heavy (non-hydrogen) atoms. The maximum atomic E-state index is 12.6. The Kier molecular flexibility index (Phi) is 6.78. The van der Waals surface area contributed by atoms with Crippen LogP contribution in [0.2, 0.25) is 0 Å². The van der Waals surface area contributed by atoms with Crippen LogP contribution >= 0.6 is 0 Å². The third-order valence-corrected chi connectivity index (χ3v) is 4.24. The summed E-state index contributed by atoms with van der Waals surface area (Å²) in [5.74, 6) is 0.000710. The monoisotopic (exact) mass is 355 g/mol. The predicted octanol–water partition coefficient (Wildman–Crippen LogP) is 3.22. The molecule has 1 atom stereocenters. The Morgan fingerprint density at radius 3 is 2.31 bits per heavy atom. The largest absolute Gasteiger partial charge is 0.497 e. The van der Waals surface area contributed by atoms with Gasteiger partial charge in [0.05, 0.1) is 13.7 Å². The molecule has 5 heteroatoms. The highest BCUT2D eigenvalue weighted by Gasteiger charge is 2.23. The zero-order valence-electron chi connectivity index (χ0n) is 15.7. The summed E-state index contributed by atoms with van der Waals surface area (Å²) in [6, 6.07) is 12.1. The minimum absolute atomic E-state index is 0.261. The van der Waals surface area contributed by atoms with Crippen molar-refractivity contribution in [3.63, 3.8) is 0 Å². The summed E-state index contributed by atoms with van der Waals surface area (Å²) in [5, 5.41) is 2.80. The first-order valence-electron chi connectivity index (χ1n) is 8.62. The Morgan fingerprint density at radius 1 is 1.04 bits per heavy atom. The number of hydrogen-bond donors (Lipinski definition) is 1. The zero-order chi connectivity index (χ0) is 19.1. The number of amides is 1. The molecule has 2 rings (SSSR count). The van der Waals surface area contributed by atoms with E-state index in [1.807, 2.05) is 50.2 Å². The van der Waals surface area contributed by atoms with Gasteiger partial charge in [-0.05, 0) is 61.7 Å². The van der Waals surface area contributed by atoms with Gasteiger partial charge in [-0.15, -0.1) is 0 Å². The first kappa shape index (κ1) is 19.5. The van der Waals surface area contributed by atoms with Crippen LogP contribution in [0.4, 0.5) is 0 Å². The quantitative estimate of drug-likeness (QED) is 0.775. The van der Waals surface area contributed by atoms with Crippen molar-refractivity contribution in [1.29, 1.82) is 0 Å². The lowest BCUT2D eigenvalue weighted by Gasteiger charge is -2.18. The van der Waals surface area contributed by atoms with E-state index in [9.17, 15) is 9.59 Å². The number of ether oxygens (including phenoxy) is 2. The molecule has 0 aliphatic heterocycles. The first-order chi connectivity index (χ1) is 12.4. The molecule has 0 aromatic heterocycles. The Hall–Kier alpha value is -2.82. The highest BCUT2D eigenvalue weighted by Crippen LogP contribution is 2.14. The fourth-order valence-corrected chi connectivity index (χ4v) is 2.56. The fraction of sp³-hybridized carbons (Fsp3) is 0.333. The van der Waals surface area contributed by atoms with Crippen LogP contribution in [0.25, 0.3) is 0 Å². The first-order valence-corrected chi connectivity index (χ1v) is 8.62. The summed E-state index contributed by atoms with van der Waals surface area (Å²) in [5.41, 5.74) is 3.57. The molecule has 138 valence electrons. The van der Waals surface area contributed by atoms with Crippen LogP contribution in [0, 0.1) is 13.8 Å². The molecular weight excluding hydrogens is 330 g/mol. The van der Waals surface area contributed by atoms with E-state index in [1.54, 1.807) is 20.1 Å². The Labute approximate surface area is 154 Å². The standard InChI is InChI=1S/C21H25NO4/c1-5-26-21(24)19(13-16-7-10-18(25-4)11-8-16)22-20(23)17-9-6-14(2)15(3)12-17/h6-12,19H,5,13H2,1-4H3,(H,22,23)/t19-/m0/s1. The van der Waals surface area contributed by atoms with Gasteiger partial charge in [0, 0.05) is 12.0 Å². The van der Waals surface area contributed by atoms with Gasteiger partial charge < -0.3 is 14.8 Å². The normalized spacial score (nSPS) is 11.5. The van der Waals surface area contributed by atoms with E-state index in [0.29, 0.717) is 12.0 Å². The van der Waals surface area contributed by atoms with Gasteiger partial charge in [0.2, 0.25) is 0 Å². The number of rotatable bonds is 7. The molecule has 0 heterocycles. The lowest BCUT2D eigenvalue weighted by Crippen LogP contribution is -2.43. The van der Waals surface area contributed by atoms with Gasteiger partial charge >= 0.3 is 5.97 Å². The second-order valence-electron chi connectivity index (χ2n) is 6.13. The van der Waals surface area contributed by atoms with Gasteiger partial charge in [-0.3, -0.25) is 4.79 Å². The van der Waals surface area contributed by atoms with Crippen LogP contribution < -0.4 is 10.1 Å². The van der Waals surface area contributed by atoms with E-state index in [-0.39, 0.29) is 12.5 Å². The van der Waals surface area contributed by atoms with E-state index in [0.717, 1.165) is 22.4 Å². The van der Waals surface area contributed by atoms with Gasteiger partial charge in [-0.25, -0.2) is 4.79 Å². The van der Waals surface area contributed by atoms with Crippen LogP contribution in [-0.2, 0) is 16.0 Å². The molecule has 0 saturated carbocycles. The average Bonchev–Trinajstić information content (AvgIpc) is 2.64. The van der Waals surface area contributed by atoms with Gasteiger partial charge in [-0.1, -0.05) is 18.2 Å². The molecule has 0 unspecified atom stereocenters. The minimum Gasteiger partial charge on any atom is -0.497 e. The van der Waals surface area contributed by atoms with Crippen molar-refractivity contribution in [2.45, 2.75) is 33.2 Å². The molecule has 0 saturated heterocycles. The van der Waals surface area contributed by atoms with Crippen molar-refractivity contribution in [2.75, 3.05) is 13.7 Å². The number of nitrogens with one attached hydrogen (secondary N) is 1. The number of methoxy groups -OCH3 is 1. The number of hydrogen-bond acceptors (Lipinski definition) is 4. The number of aryl methyl sites for hydroxylation is 2. The number of carbonyl (C=O) groups excluding carboxylic acids is 2. The molecule has 0 radical (unpaired) electrons. The third-order valence-electron chi connectivity index (χ3n) is 4.24. The summed E-state index contributed by atoms with van der Waals surface area (Å²) in [6.45, 7) is 5.94. The van der Waals surface area contributed by atoms with Crippen LogP contribution in [0.1, 0.15) is 34.0 Å².